The lowest BCUT2D eigenvalue weighted by atomic mass is 9.78. The highest BCUT2D eigenvalue weighted by molar-refractivity contribution is 6.33. The van der Waals surface area contributed by atoms with Crippen molar-refractivity contribution in [3.63, 3.8) is 0 Å². The van der Waals surface area contributed by atoms with Crippen molar-refractivity contribution in [2.75, 3.05) is 18.0 Å². The van der Waals surface area contributed by atoms with Crippen LogP contribution in [-0.2, 0) is 0 Å². The van der Waals surface area contributed by atoms with Crippen LogP contribution in [0.2, 0.25) is 5.02 Å². The van der Waals surface area contributed by atoms with Crippen LogP contribution in [-0.4, -0.2) is 38.2 Å². The van der Waals surface area contributed by atoms with Crippen LogP contribution in [0.1, 0.15) is 33.1 Å². The highest BCUT2D eigenvalue weighted by atomic mass is 35.5. The summed E-state index contributed by atoms with van der Waals surface area (Å²) in [5.41, 5.74) is 2.38. The number of aromatic nitrogens is 5. The molecule has 1 saturated heterocycles. The van der Waals surface area contributed by atoms with Crippen molar-refractivity contribution in [2.45, 2.75) is 33.1 Å². The molecule has 3 aromatic heterocycles. The molecule has 136 valence electrons. The molecule has 1 aliphatic heterocycles. The smallest absolute Gasteiger partial charge is 0.267 e. The molecule has 0 amide bonds. The maximum atomic E-state index is 11.7. The number of hydrogen-bond donors (Lipinski definition) is 2. The van der Waals surface area contributed by atoms with Gasteiger partial charge < -0.3 is 9.88 Å². The number of pyridine rings is 1. The molecular formula is C18H21ClN6O. The van der Waals surface area contributed by atoms with Crippen molar-refractivity contribution < 1.29 is 0 Å². The molecule has 26 heavy (non-hydrogen) atoms. The summed E-state index contributed by atoms with van der Waals surface area (Å²) in [7, 11) is 0. The van der Waals surface area contributed by atoms with Crippen molar-refractivity contribution in [3.05, 3.63) is 33.8 Å². The average molecular weight is 373 g/mol. The molecule has 1 fully saturated rings. The van der Waals surface area contributed by atoms with Gasteiger partial charge in [-0.25, -0.2) is 9.97 Å². The van der Waals surface area contributed by atoms with Crippen LogP contribution in [0, 0.1) is 5.41 Å². The molecule has 3 aromatic rings. The highest BCUT2D eigenvalue weighted by Gasteiger charge is 2.29. The molecule has 8 heteroatoms. The van der Waals surface area contributed by atoms with E-state index in [1.807, 2.05) is 0 Å². The molecule has 7 nitrogen and oxygen atoms in total. The van der Waals surface area contributed by atoms with E-state index in [9.17, 15) is 4.79 Å². The second-order valence-corrected chi connectivity index (χ2v) is 7.56. The topological polar surface area (TPSA) is 90.6 Å². The molecule has 2 N–H and O–H groups in total. The molecule has 0 atom stereocenters. The van der Waals surface area contributed by atoms with E-state index < -0.39 is 0 Å². The molecule has 0 saturated carbocycles. The molecule has 0 spiro atoms. The van der Waals surface area contributed by atoms with Crippen LogP contribution in [0.3, 0.4) is 0 Å². The van der Waals surface area contributed by atoms with E-state index in [1.165, 1.54) is 6.42 Å². The van der Waals surface area contributed by atoms with Gasteiger partial charge in [-0.1, -0.05) is 31.9 Å². The molecule has 0 bridgehead atoms. The van der Waals surface area contributed by atoms with Crippen LogP contribution in [0.15, 0.2) is 23.3 Å². The number of H-pyrrole nitrogens is 2. The summed E-state index contributed by atoms with van der Waals surface area (Å²) >= 11 is 6.13. The number of halogens is 1. The zero-order chi connectivity index (χ0) is 18.3. The number of nitrogens with zero attached hydrogens (tertiary/aromatic N) is 4. The maximum absolute atomic E-state index is 11.7. The van der Waals surface area contributed by atoms with Crippen LogP contribution < -0.4 is 10.5 Å². The quantitative estimate of drug-likeness (QED) is 0.735. The van der Waals surface area contributed by atoms with Gasteiger partial charge in [0.1, 0.15) is 16.4 Å². The minimum atomic E-state index is -0.344. The van der Waals surface area contributed by atoms with Crippen LogP contribution >= 0.6 is 11.6 Å². The Kier molecular flexibility index (Phi) is 4.19. The van der Waals surface area contributed by atoms with Crippen LogP contribution in [0.25, 0.3) is 22.4 Å². The lowest BCUT2D eigenvalue weighted by molar-refractivity contribution is 0.238. The van der Waals surface area contributed by atoms with Gasteiger partial charge in [0.05, 0.1) is 11.9 Å². The molecule has 0 aliphatic carbocycles. The monoisotopic (exact) mass is 372 g/mol. The summed E-state index contributed by atoms with van der Waals surface area (Å²) in [6.45, 7) is 6.56. The van der Waals surface area contributed by atoms with Gasteiger partial charge >= 0.3 is 0 Å². The Morgan fingerprint density at radius 1 is 1.35 bits per heavy atom. The maximum Gasteiger partial charge on any atom is 0.267 e. The molecule has 0 aromatic carbocycles. The van der Waals surface area contributed by atoms with E-state index in [4.69, 9.17) is 11.6 Å². The molecule has 0 unspecified atom stereocenters. The number of fused-ring (bicyclic) bond motifs is 1. The lowest BCUT2D eigenvalue weighted by Crippen LogP contribution is -2.38. The van der Waals surface area contributed by atoms with Gasteiger partial charge in [-0.2, -0.15) is 5.10 Å². The third kappa shape index (κ3) is 2.86. The van der Waals surface area contributed by atoms with E-state index in [1.54, 1.807) is 18.5 Å². The third-order valence-corrected chi connectivity index (χ3v) is 5.94. The summed E-state index contributed by atoms with van der Waals surface area (Å²) in [6.07, 6.45) is 6.83. The minimum Gasteiger partial charge on any atom is -0.355 e. The Hall–Kier alpha value is -2.41. The summed E-state index contributed by atoms with van der Waals surface area (Å²) in [4.78, 5) is 25.8. The molecular weight excluding hydrogens is 352 g/mol. The largest absolute Gasteiger partial charge is 0.355 e. The fraction of sp³-hybridized carbons (Fsp3) is 0.444. The second kappa shape index (κ2) is 6.39. The SMILES string of the molecule is CCC1(C)CCN(c2cnc3c(-c4cc[nH]c(=O)c4Cl)[nH]nc3n2)CC1. The van der Waals surface area contributed by atoms with Crippen molar-refractivity contribution in [3.8, 4) is 11.3 Å². The van der Waals surface area contributed by atoms with Crippen molar-refractivity contribution >= 4 is 28.6 Å². The van der Waals surface area contributed by atoms with E-state index in [-0.39, 0.29) is 10.6 Å². The molecule has 4 heterocycles. The Morgan fingerprint density at radius 3 is 2.85 bits per heavy atom. The van der Waals surface area contributed by atoms with Crippen LogP contribution in [0.4, 0.5) is 5.82 Å². The number of nitrogens with one attached hydrogen (secondary N) is 2. The van der Waals surface area contributed by atoms with Gasteiger partial charge in [-0.15, -0.1) is 0 Å². The molecule has 1 aliphatic rings. The van der Waals surface area contributed by atoms with Gasteiger partial charge in [-0.3, -0.25) is 9.89 Å². The van der Waals surface area contributed by atoms with E-state index >= 15 is 0 Å². The Bertz CT molecular complexity index is 1000. The standard InChI is InChI=1S/C18H21ClN6O/c1-3-18(2)5-8-25(9-6-18)12-10-21-15-14(23-24-16(15)22-12)11-4-7-20-17(26)13(11)19/h4,7,10H,3,5-6,8-9H2,1-2H3,(H,20,26)(H,22,23,24). The fourth-order valence-corrected chi connectivity index (χ4v) is 3.62. The van der Waals surface area contributed by atoms with Crippen LogP contribution in [0.5, 0.6) is 0 Å². The van der Waals surface area contributed by atoms with Crippen molar-refractivity contribution in [2.24, 2.45) is 5.41 Å². The van der Waals surface area contributed by atoms with E-state index in [2.05, 4.69) is 43.9 Å². The lowest BCUT2D eigenvalue weighted by Gasteiger charge is -2.39. The third-order valence-electron chi connectivity index (χ3n) is 5.57. The number of hydrogen-bond acceptors (Lipinski definition) is 5. The first kappa shape index (κ1) is 17.0. The van der Waals surface area contributed by atoms with Gasteiger partial charge in [0.2, 0.25) is 5.65 Å². The van der Waals surface area contributed by atoms with Crippen molar-refractivity contribution in [1.29, 1.82) is 0 Å². The van der Waals surface area contributed by atoms with Gasteiger partial charge in [0, 0.05) is 24.8 Å². The number of piperidine rings is 1. The number of aromatic amines is 2. The summed E-state index contributed by atoms with van der Waals surface area (Å²) < 4.78 is 0. The first-order valence-corrected chi connectivity index (χ1v) is 9.22. The van der Waals surface area contributed by atoms with E-state index in [0.717, 1.165) is 31.7 Å². The second-order valence-electron chi connectivity index (χ2n) is 7.18. The van der Waals surface area contributed by atoms with Gasteiger partial charge in [-0.05, 0) is 24.3 Å². The highest BCUT2D eigenvalue weighted by Crippen LogP contribution is 2.35. The predicted molar refractivity (Wildman–Crippen MR) is 103 cm³/mol. The van der Waals surface area contributed by atoms with Crippen molar-refractivity contribution in [1.82, 2.24) is 25.1 Å². The Morgan fingerprint density at radius 2 is 2.12 bits per heavy atom. The summed E-state index contributed by atoms with van der Waals surface area (Å²) in [6, 6.07) is 1.72. The summed E-state index contributed by atoms with van der Waals surface area (Å²) in [5, 5.41) is 7.30. The normalized spacial score (nSPS) is 17.0. The Balaban J connectivity index is 1.66. The predicted octanol–water partition coefficient (Wildman–Crippen LogP) is 3.38. The van der Waals surface area contributed by atoms with Gasteiger partial charge in [0.15, 0.2) is 0 Å². The summed E-state index contributed by atoms with van der Waals surface area (Å²) in [5.74, 6) is 0.839. The Labute approximate surface area is 155 Å². The molecule has 0 radical (unpaired) electrons. The average Bonchev–Trinajstić information content (AvgIpc) is 3.07. The van der Waals surface area contributed by atoms with E-state index in [0.29, 0.717) is 27.8 Å². The zero-order valence-electron chi connectivity index (χ0n) is 14.8. The number of rotatable bonds is 3. The minimum absolute atomic E-state index is 0.110. The van der Waals surface area contributed by atoms with Gasteiger partial charge in [0.25, 0.3) is 5.56 Å². The zero-order valence-corrected chi connectivity index (χ0v) is 15.6. The number of anilines is 1. The fourth-order valence-electron chi connectivity index (χ4n) is 3.41. The first-order valence-electron chi connectivity index (χ1n) is 8.84. The first-order chi connectivity index (χ1) is 12.5. The molecule has 4 rings (SSSR count).